The van der Waals surface area contributed by atoms with Gasteiger partial charge in [-0.3, -0.25) is 4.90 Å². The molecule has 1 atom stereocenters. The minimum absolute atomic E-state index is 0.808. The van der Waals surface area contributed by atoms with Crippen LogP contribution in [0.4, 0.5) is 0 Å². The standard InChI is InChI=1S/C15H29N3/c1-17-8-2-3-15(12-17)18-9-6-14(7-10-18)16-11-13-4-5-13/h13-16H,2-12H2,1H3. The van der Waals surface area contributed by atoms with Gasteiger partial charge in [-0.25, -0.2) is 0 Å². The highest BCUT2D eigenvalue weighted by atomic mass is 15.2. The van der Waals surface area contributed by atoms with Gasteiger partial charge in [0.25, 0.3) is 0 Å². The maximum Gasteiger partial charge on any atom is 0.0223 e. The smallest absolute Gasteiger partial charge is 0.0223 e. The summed E-state index contributed by atoms with van der Waals surface area (Å²) < 4.78 is 0. The molecule has 3 aliphatic rings. The first-order valence-electron chi connectivity index (χ1n) is 7.97. The van der Waals surface area contributed by atoms with Crippen molar-refractivity contribution in [1.29, 1.82) is 0 Å². The van der Waals surface area contributed by atoms with Crippen LogP contribution in [0.1, 0.15) is 38.5 Å². The monoisotopic (exact) mass is 251 g/mol. The summed E-state index contributed by atoms with van der Waals surface area (Å²) in [5.74, 6) is 1.02. The first kappa shape index (κ1) is 12.9. The summed E-state index contributed by atoms with van der Waals surface area (Å²) in [7, 11) is 2.27. The summed E-state index contributed by atoms with van der Waals surface area (Å²) in [6.07, 6.45) is 8.49. The summed E-state index contributed by atoms with van der Waals surface area (Å²) in [6, 6.07) is 1.65. The zero-order chi connectivity index (χ0) is 12.4. The van der Waals surface area contributed by atoms with E-state index in [9.17, 15) is 0 Å². The Morgan fingerprint density at radius 1 is 1.00 bits per heavy atom. The summed E-state index contributed by atoms with van der Waals surface area (Å²) in [6.45, 7) is 6.52. The quantitative estimate of drug-likeness (QED) is 0.818. The summed E-state index contributed by atoms with van der Waals surface area (Å²) in [5.41, 5.74) is 0. The SMILES string of the molecule is CN1CCCC(N2CCC(NCC3CC3)CC2)C1. The molecule has 0 spiro atoms. The van der Waals surface area contributed by atoms with Crippen LogP contribution in [0.25, 0.3) is 0 Å². The molecule has 1 saturated carbocycles. The minimum Gasteiger partial charge on any atom is -0.314 e. The highest BCUT2D eigenvalue weighted by Gasteiger charge is 2.28. The van der Waals surface area contributed by atoms with E-state index >= 15 is 0 Å². The molecule has 2 heterocycles. The molecule has 0 aromatic carbocycles. The van der Waals surface area contributed by atoms with Crippen LogP contribution in [-0.4, -0.2) is 61.7 Å². The van der Waals surface area contributed by atoms with E-state index in [1.165, 1.54) is 71.2 Å². The Morgan fingerprint density at radius 2 is 1.78 bits per heavy atom. The zero-order valence-corrected chi connectivity index (χ0v) is 11.9. The van der Waals surface area contributed by atoms with Gasteiger partial charge in [-0.05, 0) is 77.7 Å². The predicted octanol–water partition coefficient (Wildman–Crippen LogP) is 1.54. The second-order valence-corrected chi connectivity index (χ2v) is 6.72. The molecule has 0 aromatic rings. The molecule has 2 saturated heterocycles. The molecule has 0 aromatic heterocycles. The molecule has 104 valence electrons. The topological polar surface area (TPSA) is 18.5 Å². The molecule has 3 nitrogen and oxygen atoms in total. The first-order valence-corrected chi connectivity index (χ1v) is 7.97. The largest absolute Gasteiger partial charge is 0.314 e. The van der Waals surface area contributed by atoms with E-state index in [1.807, 2.05) is 0 Å². The lowest BCUT2D eigenvalue weighted by Crippen LogP contribution is -2.51. The van der Waals surface area contributed by atoms with Gasteiger partial charge in [-0.2, -0.15) is 0 Å². The lowest BCUT2D eigenvalue weighted by Gasteiger charge is -2.41. The summed E-state index contributed by atoms with van der Waals surface area (Å²) in [5, 5.41) is 3.78. The third kappa shape index (κ3) is 3.46. The zero-order valence-electron chi connectivity index (χ0n) is 11.9. The van der Waals surface area contributed by atoms with Crippen LogP contribution in [0.5, 0.6) is 0 Å². The van der Waals surface area contributed by atoms with Gasteiger partial charge in [-0.15, -0.1) is 0 Å². The van der Waals surface area contributed by atoms with Gasteiger partial charge < -0.3 is 10.2 Å². The lowest BCUT2D eigenvalue weighted by molar-refractivity contribution is 0.0851. The first-order chi connectivity index (χ1) is 8.81. The van der Waals surface area contributed by atoms with Crippen molar-refractivity contribution >= 4 is 0 Å². The predicted molar refractivity (Wildman–Crippen MR) is 75.8 cm³/mol. The Hall–Kier alpha value is -0.120. The van der Waals surface area contributed by atoms with Gasteiger partial charge in [0.15, 0.2) is 0 Å². The van der Waals surface area contributed by atoms with Gasteiger partial charge in [0, 0.05) is 18.6 Å². The molecule has 3 heteroatoms. The molecule has 1 aliphatic carbocycles. The van der Waals surface area contributed by atoms with E-state index < -0.39 is 0 Å². The highest BCUT2D eigenvalue weighted by molar-refractivity contribution is 4.86. The van der Waals surface area contributed by atoms with E-state index in [2.05, 4.69) is 22.2 Å². The van der Waals surface area contributed by atoms with Crippen LogP contribution in [0, 0.1) is 5.92 Å². The third-order valence-electron chi connectivity index (χ3n) is 5.04. The van der Waals surface area contributed by atoms with Crippen molar-refractivity contribution in [3.05, 3.63) is 0 Å². The molecule has 1 unspecified atom stereocenters. The highest BCUT2D eigenvalue weighted by Crippen LogP contribution is 2.28. The molecule has 0 amide bonds. The van der Waals surface area contributed by atoms with Gasteiger partial charge >= 0.3 is 0 Å². The van der Waals surface area contributed by atoms with Gasteiger partial charge in [-0.1, -0.05) is 0 Å². The summed E-state index contributed by atoms with van der Waals surface area (Å²) >= 11 is 0. The van der Waals surface area contributed by atoms with Crippen LogP contribution in [-0.2, 0) is 0 Å². The average Bonchev–Trinajstić information content (AvgIpc) is 3.21. The van der Waals surface area contributed by atoms with E-state index in [-0.39, 0.29) is 0 Å². The molecule has 3 fully saturated rings. The number of piperidine rings is 2. The van der Waals surface area contributed by atoms with Gasteiger partial charge in [0.2, 0.25) is 0 Å². The van der Waals surface area contributed by atoms with Crippen molar-refractivity contribution in [2.75, 3.05) is 39.8 Å². The van der Waals surface area contributed by atoms with Crippen LogP contribution >= 0.6 is 0 Å². The maximum absolute atomic E-state index is 3.78. The number of nitrogens with one attached hydrogen (secondary N) is 1. The molecule has 2 aliphatic heterocycles. The van der Waals surface area contributed by atoms with E-state index in [1.54, 1.807) is 0 Å². The summed E-state index contributed by atoms with van der Waals surface area (Å²) in [4.78, 5) is 5.26. The second-order valence-electron chi connectivity index (χ2n) is 6.72. The van der Waals surface area contributed by atoms with Crippen molar-refractivity contribution in [3.8, 4) is 0 Å². The number of nitrogens with zero attached hydrogens (tertiary/aromatic N) is 2. The fraction of sp³-hybridized carbons (Fsp3) is 1.00. The van der Waals surface area contributed by atoms with Crippen molar-refractivity contribution in [1.82, 2.24) is 15.1 Å². The second kappa shape index (κ2) is 5.89. The maximum atomic E-state index is 3.78. The van der Waals surface area contributed by atoms with Crippen LogP contribution in [0.3, 0.4) is 0 Å². The molecular weight excluding hydrogens is 222 g/mol. The number of rotatable bonds is 4. The fourth-order valence-electron chi connectivity index (χ4n) is 3.56. The van der Waals surface area contributed by atoms with E-state index in [4.69, 9.17) is 0 Å². The van der Waals surface area contributed by atoms with Crippen LogP contribution < -0.4 is 5.32 Å². The van der Waals surface area contributed by atoms with Crippen molar-refractivity contribution in [3.63, 3.8) is 0 Å². The third-order valence-corrected chi connectivity index (χ3v) is 5.04. The van der Waals surface area contributed by atoms with E-state index in [0.717, 1.165) is 18.0 Å². The van der Waals surface area contributed by atoms with Crippen molar-refractivity contribution < 1.29 is 0 Å². The molecule has 0 bridgehead atoms. The van der Waals surface area contributed by atoms with Crippen molar-refractivity contribution in [2.45, 2.75) is 50.6 Å². The lowest BCUT2D eigenvalue weighted by atomic mass is 9.98. The normalized spacial score (nSPS) is 32.8. The molecule has 3 rings (SSSR count). The average molecular weight is 251 g/mol. The Labute approximate surface area is 112 Å². The molecular formula is C15H29N3. The Morgan fingerprint density at radius 3 is 2.44 bits per heavy atom. The van der Waals surface area contributed by atoms with E-state index in [0.29, 0.717) is 0 Å². The number of likely N-dealkylation sites (tertiary alicyclic amines) is 2. The molecule has 0 radical (unpaired) electrons. The Kier molecular flexibility index (Phi) is 4.22. The molecule has 1 N–H and O–H groups in total. The number of hydrogen-bond donors (Lipinski definition) is 1. The van der Waals surface area contributed by atoms with Crippen LogP contribution in [0.15, 0.2) is 0 Å². The number of hydrogen-bond acceptors (Lipinski definition) is 3. The minimum atomic E-state index is 0.808. The van der Waals surface area contributed by atoms with Gasteiger partial charge in [0.05, 0.1) is 0 Å². The fourth-order valence-corrected chi connectivity index (χ4v) is 3.56. The number of likely N-dealkylation sites (N-methyl/N-ethyl adjacent to an activating group) is 1. The van der Waals surface area contributed by atoms with Crippen molar-refractivity contribution in [2.24, 2.45) is 5.92 Å². The Balaban J connectivity index is 1.38. The molecule has 18 heavy (non-hydrogen) atoms. The van der Waals surface area contributed by atoms with Crippen LogP contribution in [0.2, 0.25) is 0 Å². The Bertz CT molecular complexity index is 256. The van der Waals surface area contributed by atoms with Gasteiger partial charge in [0.1, 0.15) is 0 Å².